The van der Waals surface area contributed by atoms with Crippen LogP contribution in [0.25, 0.3) is 0 Å². The maximum absolute atomic E-state index is 11.7. The summed E-state index contributed by atoms with van der Waals surface area (Å²) in [5, 5.41) is 9.01. The highest BCUT2D eigenvalue weighted by molar-refractivity contribution is 5.75. The van der Waals surface area contributed by atoms with Crippen LogP contribution in [0.3, 0.4) is 0 Å². The number of alkyl halides is 1. The summed E-state index contributed by atoms with van der Waals surface area (Å²) in [4.78, 5) is 11.0. The van der Waals surface area contributed by atoms with Crippen molar-refractivity contribution in [3.63, 3.8) is 0 Å². The summed E-state index contributed by atoms with van der Waals surface area (Å²) in [6.07, 6.45) is 0.249. The molecule has 0 saturated carbocycles. The van der Waals surface area contributed by atoms with E-state index >= 15 is 0 Å². The number of carbonyl (C=O) groups is 1. The van der Waals surface area contributed by atoms with Gasteiger partial charge < -0.3 is 15.6 Å². The predicted molar refractivity (Wildman–Crippen MR) is 51.9 cm³/mol. The Kier molecular flexibility index (Phi) is 4.05. The molecule has 15 heavy (non-hydrogen) atoms. The van der Waals surface area contributed by atoms with E-state index in [9.17, 15) is 9.18 Å². The number of ether oxygens (including phenoxy) is 1. The van der Waals surface area contributed by atoms with E-state index in [1.807, 2.05) is 0 Å². The Bertz CT molecular complexity index is 326. The third-order valence-electron chi connectivity index (χ3n) is 1.89. The number of aromatic hydroxyl groups is 1. The summed E-state index contributed by atoms with van der Waals surface area (Å²) in [6, 6.07) is 5.37. The monoisotopic (exact) mass is 213 g/mol. The first-order valence-corrected chi connectivity index (χ1v) is 4.39. The molecule has 0 aliphatic carbocycles. The first kappa shape index (κ1) is 11.5. The molecular formula is C10H12FNO3. The normalized spacial score (nSPS) is 12.1. The van der Waals surface area contributed by atoms with Crippen molar-refractivity contribution in [2.24, 2.45) is 5.73 Å². The SMILES string of the molecule is N[C@@H](Cc1ccc(O)cc1)C(=O)OCF. The van der Waals surface area contributed by atoms with Gasteiger partial charge in [0.05, 0.1) is 0 Å². The molecule has 0 aliphatic rings. The van der Waals surface area contributed by atoms with E-state index in [4.69, 9.17) is 10.8 Å². The number of esters is 1. The lowest BCUT2D eigenvalue weighted by Crippen LogP contribution is -2.34. The lowest BCUT2D eigenvalue weighted by molar-refractivity contribution is -0.149. The molecule has 4 nitrogen and oxygen atoms in total. The molecule has 1 aromatic rings. The van der Waals surface area contributed by atoms with E-state index in [0.29, 0.717) is 0 Å². The summed E-state index contributed by atoms with van der Waals surface area (Å²) in [7, 11) is 0. The van der Waals surface area contributed by atoms with E-state index < -0.39 is 18.9 Å². The standard InChI is InChI=1S/C10H12FNO3/c11-6-15-10(14)9(12)5-7-1-3-8(13)4-2-7/h1-4,9,13H,5-6,12H2/t9-/m0/s1. The van der Waals surface area contributed by atoms with Crippen LogP contribution < -0.4 is 5.73 Å². The van der Waals surface area contributed by atoms with E-state index in [-0.39, 0.29) is 12.2 Å². The van der Waals surface area contributed by atoms with E-state index in [1.165, 1.54) is 12.1 Å². The molecule has 0 radical (unpaired) electrons. The van der Waals surface area contributed by atoms with Gasteiger partial charge in [0.15, 0.2) is 0 Å². The maximum Gasteiger partial charge on any atom is 0.325 e. The molecule has 0 amide bonds. The fraction of sp³-hybridized carbons (Fsp3) is 0.300. The highest BCUT2D eigenvalue weighted by atomic mass is 19.1. The topological polar surface area (TPSA) is 72.5 Å². The molecule has 0 bridgehead atoms. The first-order chi connectivity index (χ1) is 7.13. The summed E-state index contributed by atoms with van der Waals surface area (Å²) < 4.78 is 15.8. The van der Waals surface area contributed by atoms with Gasteiger partial charge in [-0.1, -0.05) is 12.1 Å². The van der Waals surface area contributed by atoms with Gasteiger partial charge in [-0.3, -0.25) is 4.79 Å². The van der Waals surface area contributed by atoms with Crippen LogP contribution >= 0.6 is 0 Å². The second kappa shape index (κ2) is 5.31. The van der Waals surface area contributed by atoms with Crippen molar-refractivity contribution in [1.29, 1.82) is 0 Å². The Morgan fingerprint density at radius 3 is 2.60 bits per heavy atom. The van der Waals surface area contributed by atoms with Crippen LogP contribution in [0.15, 0.2) is 24.3 Å². The lowest BCUT2D eigenvalue weighted by atomic mass is 10.1. The average molecular weight is 213 g/mol. The number of phenols is 1. The highest BCUT2D eigenvalue weighted by Crippen LogP contribution is 2.11. The Morgan fingerprint density at radius 1 is 1.47 bits per heavy atom. The number of halogens is 1. The average Bonchev–Trinajstić information content (AvgIpc) is 2.22. The van der Waals surface area contributed by atoms with Crippen molar-refractivity contribution >= 4 is 5.97 Å². The van der Waals surface area contributed by atoms with Gasteiger partial charge in [0.2, 0.25) is 6.86 Å². The number of hydrogen-bond donors (Lipinski definition) is 2. The Hall–Kier alpha value is -1.62. The second-order valence-corrected chi connectivity index (χ2v) is 3.05. The largest absolute Gasteiger partial charge is 0.508 e. The van der Waals surface area contributed by atoms with Gasteiger partial charge in [0.25, 0.3) is 0 Å². The molecule has 0 saturated heterocycles. The summed E-state index contributed by atoms with van der Waals surface area (Å²) in [6.45, 7) is -1.16. The van der Waals surface area contributed by atoms with Crippen molar-refractivity contribution in [3.05, 3.63) is 29.8 Å². The summed E-state index contributed by atoms with van der Waals surface area (Å²) in [5.74, 6) is -0.635. The lowest BCUT2D eigenvalue weighted by Gasteiger charge is -2.09. The van der Waals surface area contributed by atoms with Gasteiger partial charge >= 0.3 is 5.97 Å². The number of nitrogens with two attached hydrogens (primary N) is 1. The Morgan fingerprint density at radius 2 is 2.07 bits per heavy atom. The minimum absolute atomic E-state index is 0.138. The van der Waals surface area contributed by atoms with Gasteiger partial charge in [0.1, 0.15) is 11.8 Å². The molecule has 1 aromatic carbocycles. The third-order valence-corrected chi connectivity index (χ3v) is 1.89. The fourth-order valence-electron chi connectivity index (χ4n) is 1.13. The predicted octanol–water partition coefficient (Wildman–Crippen LogP) is 0.732. The molecule has 82 valence electrons. The van der Waals surface area contributed by atoms with Crippen molar-refractivity contribution in [2.45, 2.75) is 12.5 Å². The van der Waals surface area contributed by atoms with Gasteiger partial charge in [-0.05, 0) is 24.1 Å². The molecule has 0 spiro atoms. The summed E-state index contributed by atoms with van der Waals surface area (Å²) >= 11 is 0. The Balaban J connectivity index is 2.54. The van der Waals surface area contributed by atoms with Crippen LogP contribution in [-0.4, -0.2) is 24.0 Å². The van der Waals surface area contributed by atoms with E-state index in [2.05, 4.69) is 4.74 Å². The molecule has 1 atom stereocenters. The van der Waals surface area contributed by atoms with Crippen molar-refractivity contribution in [1.82, 2.24) is 0 Å². The van der Waals surface area contributed by atoms with Crippen LogP contribution in [0, 0.1) is 0 Å². The fourth-order valence-corrected chi connectivity index (χ4v) is 1.13. The molecule has 0 aromatic heterocycles. The molecule has 0 fully saturated rings. The van der Waals surface area contributed by atoms with Crippen LogP contribution in [0.5, 0.6) is 5.75 Å². The first-order valence-electron chi connectivity index (χ1n) is 4.39. The van der Waals surface area contributed by atoms with Crippen LogP contribution in [0.1, 0.15) is 5.56 Å². The van der Waals surface area contributed by atoms with E-state index in [1.54, 1.807) is 12.1 Å². The minimum atomic E-state index is -1.16. The smallest absolute Gasteiger partial charge is 0.325 e. The van der Waals surface area contributed by atoms with Crippen LogP contribution in [0.4, 0.5) is 4.39 Å². The number of hydrogen-bond acceptors (Lipinski definition) is 4. The van der Waals surface area contributed by atoms with Gasteiger partial charge in [-0.2, -0.15) is 0 Å². The maximum atomic E-state index is 11.7. The van der Waals surface area contributed by atoms with Crippen molar-refractivity contribution in [3.8, 4) is 5.75 Å². The van der Waals surface area contributed by atoms with E-state index in [0.717, 1.165) is 5.56 Å². The quantitative estimate of drug-likeness (QED) is 0.723. The zero-order valence-corrected chi connectivity index (χ0v) is 8.02. The Labute approximate surface area is 86.5 Å². The minimum Gasteiger partial charge on any atom is -0.508 e. The summed E-state index contributed by atoms with van der Waals surface area (Å²) in [5.41, 5.74) is 6.24. The highest BCUT2D eigenvalue weighted by Gasteiger charge is 2.15. The number of rotatable bonds is 4. The molecule has 1 rings (SSSR count). The third kappa shape index (κ3) is 3.55. The van der Waals surface area contributed by atoms with Crippen LogP contribution in [0.2, 0.25) is 0 Å². The van der Waals surface area contributed by atoms with Gasteiger partial charge in [-0.25, -0.2) is 4.39 Å². The number of carbonyl (C=O) groups excluding carboxylic acids is 1. The molecular weight excluding hydrogens is 201 g/mol. The zero-order valence-electron chi connectivity index (χ0n) is 8.02. The second-order valence-electron chi connectivity index (χ2n) is 3.05. The molecule has 3 N–H and O–H groups in total. The van der Waals surface area contributed by atoms with Crippen LogP contribution in [-0.2, 0) is 16.0 Å². The molecule has 0 unspecified atom stereocenters. The number of phenolic OH excluding ortho intramolecular Hbond substituents is 1. The molecule has 0 heterocycles. The molecule has 5 heteroatoms. The van der Waals surface area contributed by atoms with Gasteiger partial charge in [0, 0.05) is 0 Å². The van der Waals surface area contributed by atoms with Crippen molar-refractivity contribution in [2.75, 3.05) is 6.86 Å². The van der Waals surface area contributed by atoms with Crippen molar-refractivity contribution < 1.29 is 19.0 Å². The molecule has 0 aliphatic heterocycles. The van der Waals surface area contributed by atoms with Gasteiger partial charge in [-0.15, -0.1) is 0 Å². The number of benzene rings is 1. The zero-order chi connectivity index (χ0) is 11.3.